The first-order valence-corrected chi connectivity index (χ1v) is 7.49. The van der Waals surface area contributed by atoms with E-state index in [0.29, 0.717) is 12.0 Å². The largest absolute Gasteiger partial charge is 0.367 e. The number of hydrogen-bond donors (Lipinski definition) is 2. The minimum atomic E-state index is -0.0309. The van der Waals surface area contributed by atoms with E-state index < -0.39 is 0 Å². The number of rotatable bonds is 3. The van der Waals surface area contributed by atoms with Crippen LogP contribution in [-0.2, 0) is 0 Å². The van der Waals surface area contributed by atoms with E-state index in [9.17, 15) is 4.79 Å². The molecular weight excluding hydrogens is 238 g/mol. The Hall–Kier alpha value is -1.32. The molecule has 0 aliphatic heterocycles. The SMILES string of the molecule is CC1CCC(Nc2cc(=O)[nH]c(C3CC3)n2)CC1C. The molecule has 0 spiro atoms. The molecule has 0 saturated heterocycles. The van der Waals surface area contributed by atoms with E-state index in [1.807, 2.05) is 0 Å². The number of nitrogens with zero attached hydrogens (tertiary/aromatic N) is 1. The number of H-pyrrole nitrogens is 1. The van der Waals surface area contributed by atoms with Crippen LogP contribution in [0.2, 0.25) is 0 Å². The highest BCUT2D eigenvalue weighted by atomic mass is 16.1. The molecule has 4 nitrogen and oxygen atoms in total. The average Bonchev–Trinajstić information content (AvgIpc) is 3.17. The normalized spacial score (nSPS) is 31.2. The highest BCUT2D eigenvalue weighted by Gasteiger charge is 2.28. The van der Waals surface area contributed by atoms with Gasteiger partial charge in [0.25, 0.3) is 5.56 Å². The highest BCUT2D eigenvalue weighted by Crippen LogP contribution is 2.38. The lowest BCUT2D eigenvalue weighted by molar-refractivity contribution is 0.260. The predicted octanol–water partition coefficient (Wildman–Crippen LogP) is 2.88. The summed E-state index contributed by atoms with van der Waals surface area (Å²) in [7, 11) is 0. The van der Waals surface area contributed by atoms with Crippen molar-refractivity contribution in [2.75, 3.05) is 5.32 Å². The van der Waals surface area contributed by atoms with Gasteiger partial charge in [-0.3, -0.25) is 4.79 Å². The molecule has 0 amide bonds. The fourth-order valence-corrected chi connectivity index (χ4v) is 2.99. The maximum absolute atomic E-state index is 11.7. The van der Waals surface area contributed by atoms with E-state index in [1.54, 1.807) is 6.07 Å². The second-order valence-electron chi connectivity index (χ2n) is 6.40. The molecule has 4 heteroatoms. The van der Waals surface area contributed by atoms with Crippen LogP contribution in [0.25, 0.3) is 0 Å². The Labute approximate surface area is 114 Å². The van der Waals surface area contributed by atoms with E-state index in [1.165, 1.54) is 19.3 Å². The minimum absolute atomic E-state index is 0.0309. The fraction of sp³-hybridized carbons (Fsp3) is 0.733. The van der Waals surface area contributed by atoms with E-state index in [4.69, 9.17) is 0 Å². The van der Waals surface area contributed by atoms with E-state index in [-0.39, 0.29) is 5.56 Å². The Bertz CT molecular complexity index is 506. The summed E-state index contributed by atoms with van der Waals surface area (Å²) in [5, 5.41) is 3.46. The van der Waals surface area contributed by atoms with Gasteiger partial charge in [-0.15, -0.1) is 0 Å². The van der Waals surface area contributed by atoms with Crippen molar-refractivity contribution in [1.29, 1.82) is 0 Å². The van der Waals surface area contributed by atoms with Gasteiger partial charge in [0, 0.05) is 18.0 Å². The zero-order valence-corrected chi connectivity index (χ0v) is 11.8. The number of hydrogen-bond acceptors (Lipinski definition) is 3. The smallest absolute Gasteiger partial charge is 0.252 e. The first-order chi connectivity index (χ1) is 9.11. The van der Waals surface area contributed by atoms with Gasteiger partial charge in [-0.25, -0.2) is 4.98 Å². The van der Waals surface area contributed by atoms with Crippen LogP contribution in [0.1, 0.15) is 57.7 Å². The molecule has 2 aliphatic carbocycles. The molecule has 0 radical (unpaired) electrons. The lowest BCUT2D eigenvalue weighted by atomic mass is 9.79. The molecule has 0 bridgehead atoms. The van der Waals surface area contributed by atoms with Crippen molar-refractivity contribution in [3.05, 3.63) is 22.2 Å². The molecule has 1 aromatic rings. The molecule has 1 aromatic heterocycles. The predicted molar refractivity (Wildman–Crippen MR) is 76.4 cm³/mol. The number of aromatic amines is 1. The quantitative estimate of drug-likeness (QED) is 0.879. The van der Waals surface area contributed by atoms with Gasteiger partial charge >= 0.3 is 0 Å². The van der Waals surface area contributed by atoms with Gasteiger partial charge in [-0.1, -0.05) is 13.8 Å². The van der Waals surface area contributed by atoms with Crippen LogP contribution < -0.4 is 10.9 Å². The first-order valence-electron chi connectivity index (χ1n) is 7.49. The summed E-state index contributed by atoms with van der Waals surface area (Å²) in [5.74, 6) is 3.67. The van der Waals surface area contributed by atoms with Crippen LogP contribution in [0.15, 0.2) is 10.9 Å². The van der Waals surface area contributed by atoms with Crippen LogP contribution in [0.4, 0.5) is 5.82 Å². The van der Waals surface area contributed by atoms with Gasteiger partial charge in [0.05, 0.1) is 0 Å². The zero-order valence-electron chi connectivity index (χ0n) is 11.8. The van der Waals surface area contributed by atoms with Crippen molar-refractivity contribution >= 4 is 5.82 Å². The molecule has 2 fully saturated rings. The molecule has 3 atom stereocenters. The summed E-state index contributed by atoms with van der Waals surface area (Å²) in [5.41, 5.74) is -0.0309. The van der Waals surface area contributed by atoms with Gasteiger partial charge in [-0.05, 0) is 43.9 Å². The Kier molecular flexibility index (Phi) is 3.33. The van der Waals surface area contributed by atoms with E-state index in [0.717, 1.165) is 36.3 Å². The molecular formula is C15H23N3O. The minimum Gasteiger partial charge on any atom is -0.367 e. The van der Waals surface area contributed by atoms with Crippen LogP contribution in [0.3, 0.4) is 0 Å². The van der Waals surface area contributed by atoms with Crippen molar-refractivity contribution in [3.8, 4) is 0 Å². The third kappa shape index (κ3) is 2.99. The molecule has 104 valence electrons. The van der Waals surface area contributed by atoms with Crippen molar-refractivity contribution in [2.24, 2.45) is 11.8 Å². The van der Waals surface area contributed by atoms with Crippen molar-refractivity contribution < 1.29 is 0 Å². The maximum Gasteiger partial charge on any atom is 0.252 e. The lowest BCUT2D eigenvalue weighted by Gasteiger charge is -2.32. The van der Waals surface area contributed by atoms with Gasteiger partial charge in [0.2, 0.25) is 0 Å². The fourth-order valence-electron chi connectivity index (χ4n) is 2.99. The lowest BCUT2D eigenvalue weighted by Crippen LogP contribution is -2.31. The Balaban J connectivity index is 1.71. The summed E-state index contributed by atoms with van der Waals surface area (Å²) in [6, 6.07) is 2.06. The summed E-state index contributed by atoms with van der Waals surface area (Å²) in [6.45, 7) is 4.65. The molecule has 2 aliphatic rings. The topological polar surface area (TPSA) is 57.8 Å². The summed E-state index contributed by atoms with van der Waals surface area (Å²) < 4.78 is 0. The Morgan fingerprint density at radius 2 is 2.00 bits per heavy atom. The zero-order chi connectivity index (χ0) is 13.4. The van der Waals surface area contributed by atoms with E-state index in [2.05, 4.69) is 29.1 Å². The Morgan fingerprint density at radius 1 is 1.21 bits per heavy atom. The van der Waals surface area contributed by atoms with Gasteiger partial charge < -0.3 is 10.3 Å². The maximum atomic E-state index is 11.7. The standard InChI is InChI=1S/C15H23N3O/c1-9-3-6-12(7-10(9)2)16-13-8-14(19)18-15(17-13)11-4-5-11/h8-12H,3-7H2,1-2H3,(H2,16,17,18,19). The van der Waals surface area contributed by atoms with Crippen molar-refractivity contribution in [3.63, 3.8) is 0 Å². The van der Waals surface area contributed by atoms with Crippen LogP contribution in [-0.4, -0.2) is 16.0 Å². The first kappa shape index (κ1) is 12.7. The third-order valence-corrected chi connectivity index (χ3v) is 4.67. The van der Waals surface area contributed by atoms with Crippen LogP contribution in [0, 0.1) is 11.8 Å². The number of aromatic nitrogens is 2. The van der Waals surface area contributed by atoms with Gasteiger partial charge in [-0.2, -0.15) is 0 Å². The molecule has 3 rings (SSSR count). The Morgan fingerprint density at radius 3 is 2.68 bits per heavy atom. The molecule has 2 N–H and O–H groups in total. The van der Waals surface area contributed by atoms with Crippen molar-refractivity contribution in [2.45, 2.75) is 57.9 Å². The monoisotopic (exact) mass is 261 g/mol. The van der Waals surface area contributed by atoms with Crippen LogP contribution in [0.5, 0.6) is 0 Å². The number of anilines is 1. The highest BCUT2D eigenvalue weighted by molar-refractivity contribution is 5.35. The molecule has 19 heavy (non-hydrogen) atoms. The van der Waals surface area contributed by atoms with Gasteiger partial charge in [0.1, 0.15) is 11.6 Å². The number of nitrogens with one attached hydrogen (secondary N) is 2. The third-order valence-electron chi connectivity index (χ3n) is 4.67. The van der Waals surface area contributed by atoms with Crippen LogP contribution >= 0.6 is 0 Å². The molecule has 1 heterocycles. The summed E-state index contributed by atoms with van der Waals surface area (Å²) in [6.07, 6.45) is 5.93. The molecule has 3 unspecified atom stereocenters. The van der Waals surface area contributed by atoms with Crippen molar-refractivity contribution in [1.82, 2.24) is 9.97 Å². The average molecular weight is 261 g/mol. The second-order valence-corrected chi connectivity index (χ2v) is 6.40. The second kappa shape index (κ2) is 4.99. The van der Waals surface area contributed by atoms with Gasteiger partial charge in [0.15, 0.2) is 0 Å². The molecule has 2 saturated carbocycles. The van der Waals surface area contributed by atoms with E-state index >= 15 is 0 Å². The molecule has 0 aromatic carbocycles. The summed E-state index contributed by atoms with van der Waals surface area (Å²) >= 11 is 0. The summed E-state index contributed by atoms with van der Waals surface area (Å²) in [4.78, 5) is 19.1.